The zero-order chi connectivity index (χ0) is 14.0. The summed E-state index contributed by atoms with van der Waals surface area (Å²) in [6, 6.07) is 4.94. The van der Waals surface area contributed by atoms with Crippen molar-refractivity contribution in [2.45, 2.75) is 6.92 Å². The molecule has 19 heavy (non-hydrogen) atoms. The number of nitrogens with zero attached hydrogens (tertiary/aromatic N) is 1. The van der Waals surface area contributed by atoms with Crippen molar-refractivity contribution in [1.29, 1.82) is 0 Å². The maximum Gasteiger partial charge on any atom is 0.358 e. The van der Waals surface area contributed by atoms with Crippen molar-refractivity contribution in [3.63, 3.8) is 0 Å². The molecular formula is C12H9BrN2O4. The van der Waals surface area contributed by atoms with Crippen LogP contribution >= 0.6 is 15.9 Å². The highest BCUT2D eigenvalue weighted by Crippen LogP contribution is 2.30. The number of oxazole rings is 1. The summed E-state index contributed by atoms with van der Waals surface area (Å²) >= 11 is 3.30. The van der Waals surface area contributed by atoms with Gasteiger partial charge in [-0.2, -0.15) is 0 Å². The minimum atomic E-state index is -1.16. The highest BCUT2D eigenvalue weighted by Gasteiger charge is 2.18. The number of hydrogen-bond donors (Lipinski definition) is 2. The number of rotatable bonds is 3. The molecule has 0 unspecified atom stereocenters. The van der Waals surface area contributed by atoms with Crippen molar-refractivity contribution >= 4 is 33.5 Å². The van der Waals surface area contributed by atoms with Gasteiger partial charge in [0.15, 0.2) is 17.8 Å². The maximum atomic E-state index is 11.0. The fraction of sp³-hybridized carbons (Fsp3) is 0.0833. The molecule has 6 nitrogen and oxygen atoms in total. The summed E-state index contributed by atoms with van der Waals surface area (Å²) in [6.07, 6.45) is 1.08. The van der Waals surface area contributed by atoms with Crippen LogP contribution in [0.5, 0.6) is 0 Å². The largest absolute Gasteiger partial charge is 0.476 e. The zero-order valence-corrected chi connectivity index (χ0v) is 11.4. The molecule has 1 amide bonds. The first-order chi connectivity index (χ1) is 8.99. The van der Waals surface area contributed by atoms with E-state index in [2.05, 4.69) is 26.2 Å². The maximum absolute atomic E-state index is 11.0. The average Bonchev–Trinajstić information content (AvgIpc) is 2.80. The summed E-state index contributed by atoms with van der Waals surface area (Å²) in [4.78, 5) is 25.6. The van der Waals surface area contributed by atoms with Crippen molar-refractivity contribution in [2.24, 2.45) is 0 Å². The number of carbonyl (C=O) groups is 2. The van der Waals surface area contributed by atoms with E-state index in [0.29, 0.717) is 15.7 Å². The number of amides is 1. The van der Waals surface area contributed by atoms with E-state index < -0.39 is 5.97 Å². The zero-order valence-electron chi connectivity index (χ0n) is 9.81. The number of carboxylic acid groups (broad SMARTS) is 1. The lowest BCUT2D eigenvalue weighted by atomic mass is 10.1. The fourth-order valence-electron chi connectivity index (χ4n) is 1.55. The van der Waals surface area contributed by atoms with Crippen molar-refractivity contribution in [2.75, 3.05) is 5.32 Å². The number of hydrogen-bond acceptors (Lipinski definition) is 4. The molecule has 0 saturated carbocycles. The fourth-order valence-corrected chi connectivity index (χ4v) is 2.03. The molecule has 2 rings (SSSR count). The third kappa shape index (κ3) is 2.82. The third-order valence-corrected chi connectivity index (χ3v) is 2.97. The molecule has 0 radical (unpaired) electrons. The van der Waals surface area contributed by atoms with Crippen LogP contribution in [0.3, 0.4) is 0 Å². The standard InChI is InChI=1S/C12H9BrN2O4/c1-6(16)15-9-3-2-7(4-8(9)13)11-10(12(17)18)14-5-19-11/h2-5H,1H3,(H,15,16)(H,17,18). The van der Waals surface area contributed by atoms with Crippen molar-refractivity contribution in [3.05, 3.63) is 34.8 Å². The molecule has 0 spiro atoms. The predicted octanol–water partition coefficient (Wildman–Crippen LogP) is 2.76. The topological polar surface area (TPSA) is 92.4 Å². The van der Waals surface area contributed by atoms with E-state index in [1.165, 1.54) is 6.92 Å². The summed E-state index contributed by atoms with van der Waals surface area (Å²) < 4.78 is 5.71. The van der Waals surface area contributed by atoms with Crippen LogP contribution in [0.25, 0.3) is 11.3 Å². The number of carbonyl (C=O) groups excluding carboxylic acids is 1. The van der Waals surface area contributed by atoms with Crippen LogP contribution in [0.1, 0.15) is 17.4 Å². The van der Waals surface area contributed by atoms with E-state index >= 15 is 0 Å². The minimum Gasteiger partial charge on any atom is -0.476 e. The van der Waals surface area contributed by atoms with Crippen molar-refractivity contribution in [3.8, 4) is 11.3 Å². The molecule has 2 aromatic rings. The van der Waals surface area contributed by atoms with E-state index in [-0.39, 0.29) is 17.4 Å². The molecule has 1 aromatic carbocycles. The first-order valence-corrected chi connectivity index (χ1v) is 6.02. The van der Waals surface area contributed by atoms with E-state index in [1.54, 1.807) is 18.2 Å². The van der Waals surface area contributed by atoms with Gasteiger partial charge < -0.3 is 14.8 Å². The first kappa shape index (κ1) is 13.3. The molecular weight excluding hydrogens is 316 g/mol. The lowest BCUT2D eigenvalue weighted by molar-refractivity contribution is -0.114. The molecule has 7 heteroatoms. The van der Waals surface area contributed by atoms with Gasteiger partial charge in [-0.15, -0.1) is 0 Å². The molecule has 2 N–H and O–H groups in total. The number of benzene rings is 1. The lowest BCUT2D eigenvalue weighted by Crippen LogP contribution is -2.06. The molecule has 0 saturated heterocycles. The molecule has 98 valence electrons. The Labute approximate surface area is 116 Å². The van der Waals surface area contributed by atoms with Gasteiger partial charge in [-0.1, -0.05) is 0 Å². The van der Waals surface area contributed by atoms with Crippen LogP contribution in [0.15, 0.2) is 33.5 Å². The third-order valence-electron chi connectivity index (χ3n) is 2.31. The predicted molar refractivity (Wildman–Crippen MR) is 70.9 cm³/mol. The highest BCUT2D eigenvalue weighted by atomic mass is 79.9. The van der Waals surface area contributed by atoms with Crippen LogP contribution in [0, 0.1) is 0 Å². The second kappa shape index (κ2) is 5.23. The monoisotopic (exact) mass is 324 g/mol. The Morgan fingerprint density at radius 2 is 2.16 bits per heavy atom. The van der Waals surface area contributed by atoms with E-state index in [0.717, 1.165) is 6.39 Å². The summed E-state index contributed by atoms with van der Waals surface area (Å²) in [5, 5.41) is 11.6. The molecule has 0 aliphatic heterocycles. The summed E-state index contributed by atoms with van der Waals surface area (Å²) in [6.45, 7) is 1.40. The highest BCUT2D eigenvalue weighted by molar-refractivity contribution is 9.10. The van der Waals surface area contributed by atoms with Gasteiger partial charge in [0, 0.05) is 17.0 Å². The van der Waals surface area contributed by atoms with E-state index in [9.17, 15) is 9.59 Å². The van der Waals surface area contributed by atoms with Gasteiger partial charge in [0.05, 0.1) is 5.69 Å². The quantitative estimate of drug-likeness (QED) is 0.905. The number of halogens is 1. The van der Waals surface area contributed by atoms with Crippen LogP contribution in [0.2, 0.25) is 0 Å². The Kier molecular flexibility index (Phi) is 3.66. The SMILES string of the molecule is CC(=O)Nc1ccc(-c2ocnc2C(=O)O)cc1Br. The number of aromatic nitrogens is 1. The van der Waals surface area contributed by atoms with Crippen LogP contribution in [-0.2, 0) is 4.79 Å². The van der Waals surface area contributed by atoms with Gasteiger partial charge in [-0.05, 0) is 34.1 Å². The van der Waals surface area contributed by atoms with Gasteiger partial charge in [-0.3, -0.25) is 4.79 Å². The first-order valence-electron chi connectivity index (χ1n) is 5.23. The second-order valence-corrected chi connectivity index (χ2v) is 4.57. The smallest absolute Gasteiger partial charge is 0.358 e. The van der Waals surface area contributed by atoms with E-state index in [4.69, 9.17) is 9.52 Å². The van der Waals surface area contributed by atoms with Crippen LogP contribution in [-0.4, -0.2) is 22.0 Å². The second-order valence-electron chi connectivity index (χ2n) is 3.71. The lowest BCUT2D eigenvalue weighted by Gasteiger charge is -2.06. The number of aromatic carboxylic acids is 1. The van der Waals surface area contributed by atoms with Gasteiger partial charge >= 0.3 is 5.97 Å². The number of carboxylic acids is 1. The van der Waals surface area contributed by atoms with Gasteiger partial charge in [0.1, 0.15) is 0 Å². The van der Waals surface area contributed by atoms with Crippen molar-refractivity contribution in [1.82, 2.24) is 4.98 Å². The molecule has 0 atom stereocenters. The average molecular weight is 325 g/mol. The molecule has 0 fully saturated rings. The van der Waals surface area contributed by atoms with E-state index in [1.807, 2.05) is 0 Å². The Balaban J connectivity index is 2.42. The number of anilines is 1. The van der Waals surface area contributed by atoms with Gasteiger partial charge in [-0.25, -0.2) is 9.78 Å². The summed E-state index contributed by atoms with van der Waals surface area (Å²) in [5.41, 5.74) is 0.989. The Morgan fingerprint density at radius 1 is 1.42 bits per heavy atom. The Bertz CT molecular complexity index is 651. The Morgan fingerprint density at radius 3 is 2.74 bits per heavy atom. The molecule has 0 bridgehead atoms. The minimum absolute atomic E-state index is 0.154. The molecule has 1 heterocycles. The summed E-state index contributed by atoms with van der Waals surface area (Å²) in [7, 11) is 0. The molecule has 0 aliphatic carbocycles. The summed E-state index contributed by atoms with van der Waals surface area (Å²) in [5.74, 6) is -1.19. The number of nitrogens with one attached hydrogen (secondary N) is 1. The van der Waals surface area contributed by atoms with Crippen LogP contribution < -0.4 is 5.32 Å². The normalized spacial score (nSPS) is 10.2. The van der Waals surface area contributed by atoms with Crippen molar-refractivity contribution < 1.29 is 19.1 Å². The van der Waals surface area contributed by atoms with Gasteiger partial charge in [0.2, 0.25) is 5.91 Å². The molecule has 1 aromatic heterocycles. The van der Waals surface area contributed by atoms with Gasteiger partial charge in [0.25, 0.3) is 0 Å². The van der Waals surface area contributed by atoms with Crippen LogP contribution in [0.4, 0.5) is 5.69 Å². The Hall–Kier alpha value is -2.15. The molecule has 0 aliphatic rings.